The van der Waals surface area contributed by atoms with E-state index in [0.717, 1.165) is 35.4 Å². The van der Waals surface area contributed by atoms with Crippen molar-refractivity contribution >= 4 is 23.6 Å². The third kappa shape index (κ3) is 7.02. The zero-order chi connectivity index (χ0) is 28.8. The van der Waals surface area contributed by atoms with Gasteiger partial charge in [0.05, 0.1) is 12.2 Å². The SMILES string of the molecule is C=C(/C(C)=C/c1ccccc1C)N1CCOc2cc(C(=O)N3CCCC(NC(=O)/C=C/CN(C)C)C3)cc(C)c21. The quantitative estimate of drug-likeness (QED) is 0.378. The van der Waals surface area contributed by atoms with Crippen molar-refractivity contribution in [2.75, 3.05) is 51.8 Å². The van der Waals surface area contributed by atoms with E-state index in [1.54, 1.807) is 6.08 Å². The van der Waals surface area contributed by atoms with E-state index in [9.17, 15) is 9.59 Å². The van der Waals surface area contributed by atoms with Crippen molar-refractivity contribution in [2.24, 2.45) is 0 Å². The second-order valence-corrected chi connectivity index (χ2v) is 11.0. The Morgan fingerprint density at radius 2 is 1.93 bits per heavy atom. The van der Waals surface area contributed by atoms with Gasteiger partial charge < -0.3 is 24.8 Å². The lowest BCUT2D eigenvalue weighted by atomic mass is 10.0. The van der Waals surface area contributed by atoms with Gasteiger partial charge in [-0.2, -0.15) is 0 Å². The number of hydrogen-bond acceptors (Lipinski definition) is 5. The van der Waals surface area contributed by atoms with Crippen LogP contribution < -0.4 is 15.0 Å². The smallest absolute Gasteiger partial charge is 0.254 e. The maximum absolute atomic E-state index is 13.6. The van der Waals surface area contributed by atoms with E-state index in [-0.39, 0.29) is 17.9 Å². The maximum atomic E-state index is 13.6. The molecular formula is C33H42N4O3. The van der Waals surface area contributed by atoms with E-state index in [0.29, 0.717) is 44.1 Å². The first-order valence-electron chi connectivity index (χ1n) is 14.0. The second kappa shape index (κ2) is 13.0. The van der Waals surface area contributed by atoms with Crippen LogP contribution in [0.25, 0.3) is 6.08 Å². The molecule has 0 spiro atoms. The van der Waals surface area contributed by atoms with Gasteiger partial charge in [0.1, 0.15) is 12.4 Å². The molecule has 0 bridgehead atoms. The van der Waals surface area contributed by atoms with Crippen molar-refractivity contribution < 1.29 is 14.3 Å². The normalized spacial score (nSPS) is 17.6. The van der Waals surface area contributed by atoms with Gasteiger partial charge in [-0.1, -0.05) is 36.9 Å². The first-order chi connectivity index (χ1) is 19.1. The van der Waals surface area contributed by atoms with Crippen LogP contribution in [0.2, 0.25) is 0 Å². The van der Waals surface area contributed by atoms with Gasteiger partial charge in [-0.15, -0.1) is 0 Å². The number of amides is 2. The fourth-order valence-corrected chi connectivity index (χ4v) is 5.32. The molecular weight excluding hydrogens is 500 g/mol. The number of aryl methyl sites for hydroxylation is 2. The third-order valence-electron chi connectivity index (χ3n) is 7.49. The van der Waals surface area contributed by atoms with E-state index < -0.39 is 0 Å². The summed E-state index contributed by atoms with van der Waals surface area (Å²) in [7, 11) is 3.91. The number of likely N-dealkylation sites (tertiary alicyclic amines) is 1. The summed E-state index contributed by atoms with van der Waals surface area (Å²) in [6.45, 7) is 13.7. The molecule has 1 fully saturated rings. The minimum Gasteiger partial charge on any atom is -0.490 e. The Labute approximate surface area is 238 Å². The average molecular weight is 543 g/mol. The summed E-state index contributed by atoms with van der Waals surface area (Å²) in [5.41, 5.74) is 6.93. The van der Waals surface area contributed by atoms with Gasteiger partial charge in [0.25, 0.3) is 5.91 Å². The molecule has 1 saturated heterocycles. The summed E-state index contributed by atoms with van der Waals surface area (Å²) >= 11 is 0. The summed E-state index contributed by atoms with van der Waals surface area (Å²) in [6, 6.07) is 12.1. The summed E-state index contributed by atoms with van der Waals surface area (Å²) in [4.78, 5) is 31.9. The van der Waals surface area contributed by atoms with Crippen LogP contribution in [0.5, 0.6) is 5.75 Å². The number of nitrogens with zero attached hydrogens (tertiary/aromatic N) is 3. The van der Waals surface area contributed by atoms with Gasteiger partial charge in [-0.25, -0.2) is 0 Å². The van der Waals surface area contributed by atoms with Crippen molar-refractivity contribution in [3.05, 3.63) is 88.7 Å². The van der Waals surface area contributed by atoms with Gasteiger partial charge in [0, 0.05) is 43.0 Å². The molecule has 40 heavy (non-hydrogen) atoms. The van der Waals surface area contributed by atoms with Crippen molar-refractivity contribution in [3.63, 3.8) is 0 Å². The van der Waals surface area contributed by atoms with E-state index in [2.05, 4.69) is 48.9 Å². The Morgan fingerprint density at radius 1 is 1.15 bits per heavy atom. The summed E-state index contributed by atoms with van der Waals surface area (Å²) in [6.07, 6.45) is 7.29. The highest BCUT2D eigenvalue weighted by molar-refractivity contribution is 5.96. The molecule has 2 aliphatic heterocycles. The highest BCUT2D eigenvalue weighted by Crippen LogP contribution is 2.39. The van der Waals surface area contributed by atoms with Crippen LogP contribution in [0.15, 0.2) is 66.4 Å². The van der Waals surface area contributed by atoms with Gasteiger partial charge in [0.2, 0.25) is 5.91 Å². The molecule has 212 valence electrons. The largest absolute Gasteiger partial charge is 0.490 e. The lowest BCUT2D eigenvalue weighted by Crippen LogP contribution is -2.49. The van der Waals surface area contributed by atoms with Crippen LogP contribution in [0.1, 0.15) is 46.8 Å². The molecule has 2 amide bonds. The second-order valence-electron chi connectivity index (χ2n) is 11.0. The van der Waals surface area contributed by atoms with Crippen molar-refractivity contribution in [1.82, 2.24) is 15.1 Å². The average Bonchev–Trinajstić information content (AvgIpc) is 2.93. The fraction of sp³-hybridized carbons (Fsp3) is 0.394. The molecule has 0 aromatic heterocycles. The molecule has 7 nitrogen and oxygen atoms in total. The molecule has 0 saturated carbocycles. The number of rotatable bonds is 8. The van der Waals surface area contributed by atoms with Crippen LogP contribution in [0.3, 0.4) is 0 Å². The summed E-state index contributed by atoms with van der Waals surface area (Å²) in [5.74, 6) is 0.543. The number of benzene rings is 2. The van der Waals surface area contributed by atoms with Crippen LogP contribution in [0, 0.1) is 13.8 Å². The van der Waals surface area contributed by atoms with E-state index >= 15 is 0 Å². The minimum atomic E-state index is -0.119. The molecule has 2 aromatic rings. The van der Waals surface area contributed by atoms with Crippen LogP contribution >= 0.6 is 0 Å². The van der Waals surface area contributed by atoms with Crippen molar-refractivity contribution in [1.29, 1.82) is 0 Å². The van der Waals surface area contributed by atoms with Crippen molar-refractivity contribution in [2.45, 2.75) is 39.7 Å². The Bertz CT molecular complexity index is 1330. The molecule has 0 radical (unpaired) electrons. The van der Waals surface area contributed by atoms with Gasteiger partial charge >= 0.3 is 0 Å². The molecule has 4 rings (SSSR count). The highest BCUT2D eigenvalue weighted by atomic mass is 16.5. The van der Waals surface area contributed by atoms with Crippen molar-refractivity contribution in [3.8, 4) is 5.75 Å². The van der Waals surface area contributed by atoms with Gasteiger partial charge in [-0.05, 0) is 88.2 Å². The lowest BCUT2D eigenvalue weighted by molar-refractivity contribution is -0.117. The highest BCUT2D eigenvalue weighted by Gasteiger charge is 2.29. The topological polar surface area (TPSA) is 65.1 Å². The van der Waals surface area contributed by atoms with E-state index in [4.69, 9.17) is 4.74 Å². The Hall–Kier alpha value is -3.84. The molecule has 2 aromatic carbocycles. The van der Waals surface area contributed by atoms with Gasteiger partial charge in [-0.3, -0.25) is 9.59 Å². The first kappa shape index (κ1) is 29.2. The third-order valence-corrected chi connectivity index (χ3v) is 7.49. The number of anilines is 1. The summed E-state index contributed by atoms with van der Waals surface area (Å²) < 4.78 is 6.07. The fourth-order valence-electron chi connectivity index (χ4n) is 5.32. The number of hydrogen-bond donors (Lipinski definition) is 1. The number of piperidine rings is 1. The van der Waals surface area contributed by atoms with Gasteiger partial charge in [0.15, 0.2) is 0 Å². The summed E-state index contributed by atoms with van der Waals surface area (Å²) in [5, 5.41) is 3.06. The zero-order valence-electron chi connectivity index (χ0n) is 24.5. The molecule has 2 heterocycles. The lowest BCUT2D eigenvalue weighted by Gasteiger charge is -2.36. The number of nitrogens with one attached hydrogen (secondary N) is 1. The van der Waals surface area contributed by atoms with E-state index in [1.807, 2.05) is 61.2 Å². The number of carbonyl (C=O) groups excluding carboxylic acids is 2. The molecule has 1 atom stereocenters. The molecule has 1 unspecified atom stereocenters. The number of ether oxygens (including phenoxy) is 1. The van der Waals surface area contributed by atoms with Crippen LogP contribution in [-0.4, -0.2) is 74.5 Å². The zero-order valence-corrected chi connectivity index (χ0v) is 24.5. The standard InChI is InChI=1S/C33H42N4O3/c1-23-11-7-8-12-27(23)19-24(2)26(4)37-17-18-40-30-21-28(20-25(3)32(30)37)33(39)36-16-9-13-29(22-36)34-31(38)14-10-15-35(5)6/h7-8,10-12,14,19-21,29H,4,9,13,15-18,22H2,1-3,5-6H3,(H,34,38)/b14-10+,24-19+. The monoisotopic (exact) mass is 542 g/mol. The van der Waals surface area contributed by atoms with Crippen LogP contribution in [0.4, 0.5) is 5.69 Å². The Kier molecular flexibility index (Phi) is 9.48. The van der Waals surface area contributed by atoms with Crippen LogP contribution in [-0.2, 0) is 4.79 Å². The first-order valence-corrected chi connectivity index (χ1v) is 14.0. The number of fused-ring (bicyclic) bond motifs is 1. The number of allylic oxidation sites excluding steroid dienone is 1. The molecule has 2 aliphatic rings. The number of likely N-dealkylation sites (N-methyl/N-ethyl adjacent to an activating group) is 1. The molecule has 1 N–H and O–H groups in total. The minimum absolute atomic E-state index is 0.0387. The van der Waals surface area contributed by atoms with E-state index in [1.165, 1.54) is 11.1 Å². The predicted molar refractivity (Wildman–Crippen MR) is 163 cm³/mol. The predicted octanol–water partition coefficient (Wildman–Crippen LogP) is 4.96. The molecule has 0 aliphatic carbocycles. The molecule has 7 heteroatoms. The maximum Gasteiger partial charge on any atom is 0.254 e. The Morgan fingerprint density at radius 3 is 2.67 bits per heavy atom. The Balaban J connectivity index is 1.48. The number of carbonyl (C=O) groups is 2.